The van der Waals surface area contributed by atoms with Crippen LogP contribution < -0.4 is 0 Å². The summed E-state index contributed by atoms with van der Waals surface area (Å²) in [5.74, 6) is -1.01. The number of ether oxygens (including phenoxy) is 3. The highest BCUT2D eigenvalue weighted by Crippen LogP contribution is 2.15. The van der Waals surface area contributed by atoms with Crippen LogP contribution in [0.4, 0.5) is 0 Å². The molecule has 0 heterocycles. The van der Waals surface area contributed by atoms with Crippen molar-refractivity contribution in [2.24, 2.45) is 0 Å². The number of hydrogen-bond acceptors (Lipinski definition) is 6. The number of carbonyl (C=O) groups excluding carboxylic acids is 3. The lowest BCUT2D eigenvalue weighted by atomic mass is 10.0. The van der Waals surface area contributed by atoms with E-state index in [0.717, 1.165) is 70.6 Å². The maximum Gasteiger partial charge on any atom is 0.306 e. The molecule has 6 heteroatoms. The van der Waals surface area contributed by atoms with E-state index in [-0.39, 0.29) is 37.5 Å². The van der Waals surface area contributed by atoms with Crippen LogP contribution in [-0.4, -0.2) is 37.2 Å². The lowest BCUT2D eigenvalue weighted by Gasteiger charge is -2.18. The van der Waals surface area contributed by atoms with Crippen molar-refractivity contribution >= 4 is 17.9 Å². The number of hydrogen-bond donors (Lipinski definition) is 0. The minimum atomic E-state index is -0.817. The summed E-state index contributed by atoms with van der Waals surface area (Å²) in [6.07, 6.45) is 60.9. The molecule has 1 unspecified atom stereocenters. The SMILES string of the molecule is CC/C=C\C/C=C\C/C=C\CCCCC(=O)OCC(COC(=O)CCCCCCCCCCCCCCCCCCCC)OC(=O)CC/C=C\C/C=C\CCCCCCCC. The van der Waals surface area contributed by atoms with E-state index in [1.807, 2.05) is 6.08 Å². The first-order valence-corrected chi connectivity index (χ1v) is 25.8. The molecular weight excluding hydrogens is 757 g/mol. The molecule has 0 aliphatic carbocycles. The molecule has 0 saturated heterocycles. The second-order valence-electron chi connectivity index (χ2n) is 17.1. The summed E-state index contributed by atoms with van der Waals surface area (Å²) in [5.41, 5.74) is 0. The highest BCUT2D eigenvalue weighted by Gasteiger charge is 2.19. The van der Waals surface area contributed by atoms with Gasteiger partial charge in [0.05, 0.1) is 0 Å². The van der Waals surface area contributed by atoms with Gasteiger partial charge in [0.1, 0.15) is 13.2 Å². The van der Waals surface area contributed by atoms with Gasteiger partial charge in [0.25, 0.3) is 0 Å². The molecular formula is C55H96O6. The number of unbranched alkanes of at least 4 members (excludes halogenated alkanes) is 25. The van der Waals surface area contributed by atoms with Crippen molar-refractivity contribution < 1.29 is 28.6 Å². The van der Waals surface area contributed by atoms with Crippen molar-refractivity contribution in [2.75, 3.05) is 13.2 Å². The molecule has 0 amide bonds. The zero-order valence-electron chi connectivity index (χ0n) is 40.2. The van der Waals surface area contributed by atoms with E-state index in [2.05, 4.69) is 75.5 Å². The topological polar surface area (TPSA) is 78.9 Å². The van der Waals surface area contributed by atoms with E-state index in [4.69, 9.17) is 14.2 Å². The summed E-state index contributed by atoms with van der Waals surface area (Å²) in [6, 6.07) is 0. The summed E-state index contributed by atoms with van der Waals surface area (Å²) in [7, 11) is 0. The van der Waals surface area contributed by atoms with Crippen LogP contribution in [0.1, 0.15) is 252 Å². The zero-order valence-corrected chi connectivity index (χ0v) is 40.2. The second-order valence-corrected chi connectivity index (χ2v) is 17.1. The van der Waals surface area contributed by atoms with Gasteiger partial charge in [0, 0.05) is 19.3 Å². The number of esters is 3. The van der Waals surface area contributed by atoms with Crippen LogP contribution in [0.5, 0.6) is 0 Å². The predicted octanol–water partition coefficient (Wildman–Crippen LogP) is 16.9. The highest BCUT2D eigenvalue weighted by molar-refractivity contribution is 5.71. The summed E-state index contributed by atoms with van der Waals surface area (Å²) in [5, 5.41) is 0. The summed E-state index contributed by atoms with van der Waals surface area (Å²) >= 11 is 0. The van der Waals surface area contributed by atoms with Crippen LogP contribution in [0.3, 0.4) is 0 Å². The lowest BCUT2D eigenvalue weighted by Crippen LogP contribution is -2.30. The predicted molar refractivity (Wildman–Crippen MR) is 261 cm³/mol. The first kappa shape index (κ1) is 58.1. The molecule has 0 spiro atoms. The first-order valence-electron chi connectivity index (χ1n) is 25.8. The number of allylic oxidation sites excluding steroid dienone is 10. The third-order valence-corrected chi connectivity index (χ3v) is 11.0. The average Bonchev–Trinajstić information content (AvgIpc) is 3.26. The molecule has 1 atom stereocenters. The van der Waals surface area contributed by atoms with Gasteiger partial charge >= 0.3 is 17.9 Å². The number of carbonyl (C=O) groups is 3. The molecule has 0 aromatic heterocycles. The molecule has 0 saturated carbocycles. The molecule has 0 fully saturated rings. The molecule has 0 aliphatic heterocycles. The Morgan fingerprint density at radius 3 is 1.10 bits per heavy atom. The van der Waals surface area contributed by atoms with Gasteiger partial charge in [0.15, 0.2) is 6.10 Å². The fraction of sp³-hybridized carbons (Fsp3) is 0.764. The molecule has 0 N–H and O–H groups in total. The standard InChI is InChI=1S/C55H96O6/c1-4-7-10-13-16-19-22-25-26-27-28-29-31-33-36-39-42-45-48-54(57)60-51-52(50-59-53(56)47-44-41-38-35-32-24-21-18-15-12-9-6-3)61-55(58)49-46-43-40-37-34-30-23-20-17-14-11-8-5-2/h9,12,18,21,30,32,34-35,40,43,52H,4-8,10-11,13-17,19-20,22-29,31,33,36-39,41-42,44-51H2,1-3H3/b12-9-,21-18-,34-30-,35-32-,43-40-. The molecule has 0 aromatic carbocycles. The van der Waals surface area contributed by atoms with Crippen LogP contribution in [-0.2, 0) is 28.6 Å². The monoisotopic (exact) mass is 853 g/mol. The largest absolute Gasteiger partial charge is 0.462 e. The van der Waals surface area contributed by atoms with Crippen LogP contribution >= 0.6 is 0 Å². The Labute approximate surface area is 377 Å². The van der Waals surface area contributed by atoms with Gasteiger partial charge in [-0.15, -0.1) is 0 Å². The first-order chi connectivity index (χ1) is 30.0. The summed E-state index contributed by atoms with van der Waals surface area (Å²) in [6.45, 7) is 6.44. The third-order valence-electron chi connectivity index (χ3n) is 11.0. The van der Waals surface area contributed by atoms with Gasteiger partial charge in [-0.2, -0.15) is 0 Å². The Morgan fingerprint density at radius 2 is 0.672 bits per heavy atom. The van der Waals surface area contributed by atoms with Crippen LogP contribution in [0.25, 0.3) is 0 Å². The fourth-order valence-corrected chi connectivity index (χ4v) is 7.16. The Kier molecular flexibility index (Phi) is 47.4. The minimum Gasteiger partial charge on any atom is -0.462 e. The summed E-state index contributed by atoms with van der Waals surface area (Å²) < 4.78 is 16.7. The van der Waals surface area contributed by atoms with Crippen molar-refractivity contribution in [1.82, 2.24) is 0 Å². The van der Waals surface area contributed by atoms with Gasteiger partial charge in [-0.25, -0.2) is 0 Å². The maximum absolute atomic E-state index is 12.7. The van der Waals surface area contributed by atoms with Crippen molar-refractivity contribution in [3.63, 3.8) is 0 Å². The zero-order chi connectivity index (χ0) is 44.4. The van der Waals surface area contributed by atoms with E-state index >= 15 is 0 Å². The van der Waals surface area contributed by atoms with Gasteiger partial charge in [-0.1, -0.05) is 223 Å². The Morgan fingerprint density at radius 1 is 0.344 bits per heavy atom. The Bertz CT molecular complexity index is 1120. The van der Waals surface area contributed by atoms with E-state index in [0.29, 0.717) is 19.3 Å². The molecule has 0 aromatic rings. The van der Waals surface area contributed by atoms with Gasteiger partial charge in [-0.3, -0.25) is 14.4 Å². The molecule has 0 rings (SSSR count). The van der Waals surface area contributed by atoms with E-state index in [9.17, 15) is 14.4 Å². The van der Waals surface area contributed by atoms with Crippen LogP contribution in [0.2, 0.25) is 0 Å². The van der Waals surface area contributed by atoms with Crippen molar-refractivity contribution in [3.8, 4) is 0 Å². The minimum absolute atomic E-state index is 0.107. The quantitative estimate of drug-likeness (QED) is 0.0263. The molecule has 0 aliphatic rings. The van der Waals surface area contributed by atoms with Crippen LogP contribution in [0, 0.1) is 0 Å². The fourth-order valence-electron chi connectivity index (χ4n) is 7.16. The average molecular weight is 853 g/mol. The Balaban J connectivity index is 4.41. The van der Waals surface area contributed by atoms with Crippen molar-refractivity contribution in [3.05, 3.63) is 60.8 Å². The van der Waals surface area contributed by atoms with Crippen molar-refractivity contribution in [1.29, 1.82) is 0 Å². The van der Waals surface area contributed by atoms with E-state index in [1.165, 1.54) is 135 Å². The maximum atomic E-state index is 12.7. The van der Waals surface area contributed by atoms with Gasteiger partial charge in [0.2, 0.25) is 0 Å². The Hall–Kier alpha value is -2.89. The smallest absolute Gasteiger partial charge is 0.306 e. The summed E-state index contributed by atoms with van der Waals surface area (Å²) in [4.78, 5) is 37.9. The molecule has 6 nitrogen and oxygen atoms in total. The second kappa shape index (κ2) is 49.8. The van der Waals surface area contributed by atoms with E-state index in [1.54, 1.807) is 0 Å². The molecule has 0 radical (unpaired) electrons. The number of rotatable bonds is 46. The van der Waals surface area contributed by atoms with Gasteiger partial charge in [-0.05, 0) is 70.6 Å². The molecule has 352 valence electrons. The third kappa shape index (κ3) is 48.0. The lowest BCUT2D eigenvalue weighted by molar-refractivity contribution is -0.166. The van der Waals surface area contributed by atoms with Gasteiger partial charge < -0.3 is 14.2 Å². The van der Waals surface area contributed by atoms with Crippen LogP contribution in [0.15, 0.2) is 60.8 Å². The van der Waals surface area contributed by atoms with Crippen molar-refractivity contribution in [2.45, 2.75) is 258 Å². The molecule has 61 heavy (non-hydrogen) atoms. The molecule has 0 bridgehead atoms. The van der Waals surface area contributed by atoms with E-state index < -0.39 is 6.10 Å². The highest BCUT2D eigenvalue weighted by atomic mass is 16.6. The normalized spacial score (nSPS) is 12.5.